The van der Waals surface area contributed by atoms with E-state index < -0.39 is 0 Å². The van der Waals surface area contributed by atoms with E-state index in [9.17, 15) is 9.59 Å². The molecule has 5 rings (SSSR count). The van der Waals surface area contributed by atoms with Gasteiger partial charge < -0.3 is 4.90 Å². The van der Waals surface area contributed by atoms with Crippen LogP contribution in [0.4, 0.5) is 5.95 Å². The van der Waals surface area contributed by atoms with Crippen molar-refractivity contribution in [3.05, 3.63) is 75.7 Å². The standard InChI is InChI=1S/C21H19N7O2/c1-26-20(30)16-5-3-9-23-19(16)24-21(26)27-11-14(12-27)13-28-18(29)7-6-17(25-28)15-4-2-8-22-10-15/h2-10,14H,11-13H2,1H3. The van der Waals surface area contributed by atoms with Crippen LogP contribution in [0.3, 0.4) is 0 Å². The predicted molar refractivity (Wildman–Crippen MR) is 112 cm³/mol. The van der Waals surface area contributed by atoms with Gasteiger partial charge in [-0.1, -0.05) is 0 Å². The summed E-state index contributed by atoms with van der Waals surface area (Å²) >= 11 is 0. The van der Waals surface area contributed by atoms with Crippen LogP contribution in [0.25, 0.3) is 22.3 Å². The van der Waals surface area contributed by atoms with Gasteiger partial charge in [0.05, 0.1) is 17.6 Å². The normalized spacial score (nSPS) is 14.1. The molecule has 0 amide bonds. The molecule has 0 aromatic carbocycles. The molecule has 9 heteroatoms. The molecule has 4 aromatic rings. The van der Waals surface area contributed by atoms with E-state index in [4.69, 9.17) is 0 Å². The number of pyridine rings is 2. The summed E-state index contributed by atoms with van der Waals surface area (Å²) in [4.78, 5) is 39.8. The highest BCUT2D eigenvalue weighted by Gasteiger charge is 2.30. The van der Waals surface area contributed by atoms with Crippen molar-refractivity contribution in [2.75, 3.05) is 18.0 Å². The number of fused-ring (bicyclic) bond motifs is 1. The first kappa shape index (κ1) is 18.2. The summed E-state index contributed by atoms with van der Waals surface area (Å²) < 4.78 is 3.05. The Labute approximate surface area is 171 Å². The van der Waals surface area contributed by atoms with Crippen LogP contribution in [0.2, 0.25) is 0 Å². The molecule has 0 atom stereocenters. The van der Waals surface area contributed by atoms with Crippen LogP contribution >= 0.6 is 0 Å². The molecule has 0 bridgehead atoms. The molecule has 1 aliphatic rings. The molecular weight excluding hydrogens is 382 g/mol. The summed E-state index contributed by atoms with van der Waals surface area (Å²) in [5.41, 5.74) is 1.77. The Morgan fingerprint density at radius 1 is 1.07 bits per heavy atom. The van der Waals surface area contributed by atoms with Gasteiger partial charge in [-0.2, -0.15) is 10.1 Å². The third-order valence-electron chi connectivity index (χ3n) is 5.32. The van der Waals surface area contributed by atoms with Crippen molar-refractivity contribution < 1.29 is 0 Å². The Kier molecular flexibility index (Phi) is 4.35. The highest BCUT2D eigenvalue weighted by Crippen LogP contribution is 2.24. The van der Waals surface area contributed by atoms with E-state index in [2.05, 4.69) is 20.1 Å². The van der Waals surface area contributed by atoms with E-state index in [1.54, 1.807) is 48.4 Å². The number of nitrogens with zero attached hydrogens (tertiary/aromatic N) is 7. The quantitative estimate of drug-likeness (QED) is 0.505. The van der Waals surface area contributed by atoms with Crippen LogP contribution in [0.5, 0.6) is 0 Å². The van der Waals surface area contributed by atoms with Crippen LogP contribution in [-0.2, 0) is 13.6 Å². The SMILES string of the molecule is Cn1c(N2CC(Cn3nc(-c4cccnc4)ccc3=O)C2)nc2ncccc2c1=O. The zero-order valence-electron chi connectivity index (χ0n) is 16.3. The minimum absolute atomic E-state index is 0.117. The van der Waals surface area contributed by atoms with Crippen LogP contribution in [0.1, 0.15) is 0 Å². The monoisotopic (exact) mass is 401 g/mol. The summed E-state index contributed by atoms with van der Waals surface area (Å²) in [7, 11) is 1.72. The van der Waals surface area contributed by atoms with Gasteiger partial charge in [0.25, 0.3) is 11.1 Å². The second-order valence-electron chi connectivity index (χ2n) is 7.40. The molecule has 1 fully saturated rings. The van der Waals surface area contributed by atoms with Crippen molar-refractivity contribution in [3.8, 4) is 11.3 Å². The molecule has 0 radical (unpaired) electrons. The Hall–Kier alpha value is -3.88. The van der Waals surface area contributed by atoms with Crippen molar-refractivity contribution in [1.82, 2.24) is 29.3 Å². The maximum atomic E-state index is 12.6. The molecule has 4 aromatic heterocycles. The number of rotatable bonds is 4. The molecule has 0 aliphatic carbocycles. The summed E-state index contributed by atoms with van der Waals surface area (Å²) in [5.74, 6) is 0.822. The molecule has 1 saturated heterocycles. The Bertz CT molecular complexity index is 1340. The number of hydrogen-bond acceptors (Lipinski definition) is 7. The summed E-state index contributed by atoms with van der Waals surface area (Å²) in [6.07, 6.45) is 5.05. The summed E-state index contributed by atoms with van der Waals surface area (Å²) in [6.45, 7) is 1.87. The molecule has 0 spiro atoms. The lowest BCUT2D eigenvalue weighted by atomic mass is 10.0. The lowest BCUT2D eigenvalue weighted by Crippen LogP contribution is -2.51. The fraction of sp³-hybridized carbons (Fsp3) is 0.238. The summed E-state index contributed by atoms with van der Waals surface area (Å²) in [6, 6.07) is 10.5. The van der Waals surface area contributed by atoms with Gasteiger partial charge in [0.2, 0.25) is 5.95 Å². The average Bonchev–Trinajstić information content (AvgIpc) is 2.75. The molecule has 30 heavy (non-hydrogen) atoms. The third kappa shape index (κ3) is 3.14. The first-order chi connectivity index (χ1) is 14.6. The lowest BCUT2D eigenvalue weighted by molar-refractivity contribution is 0.329. The molecule has 0 unspecified atom stereocenters. The first-order valence-corrected chi connectivity index (χ1v) is 9.65. The molecule has 0 N–H and O–H groups in total. The molecule has 1 aliphatic heterocycles. The van der Waals surface area contributed by atoms with Gasteiger partial charge in [0.1, 0.15) is 0 Å². The zero-order chi connectivity index (χ0) is 20.7. The van der Waals surface area contributed by atoms with E-state index in [-0.39, 0.29) is 17.0 Å². The smallest absolute Gasteiger partial charge is 0.266 e. The van der Waals surface area contributed by atoms with Gasteiger partial charge in [0, 0.05) is 56.3 Å². The van der Waals surface area contributed by atoms with E-state index in [1.165, 1.54) is 10.7 Å². The molecule has 0 saturated carbocycles. The highest BCUT2D eigenvalue weighted by molar-refractivity contribution is 5.74. The maximum Gasteiger partial charge on any atom is 0.266 e. The number of anilines is 1. The van der Waals surface area contributed by atoms with Gasteiger partial charge in [0.15, 0.2) is 5.65 Å². The fourth-order valence-corrected chi connectivity index (χ4v) is 3.72. The van der Waals surface area contributed by atoms with E-state index >= 15 is 0 Å². The van der Waals surface area contributed by atoms with E-state index in [0.717, 1.165) is 5.56 Å². The number of hydrogen-bond donors (Lipinski definition) is 0. The van der Waals surface area contributed by atoms with Crippen LogP contribution in [-0.4, -0.2) is 42.4 Å². The van der Waals surface area contributed by atoms with E-state index in [1.807, 2.05) is 17.0 Å². The molecular formula is C21H19N7O2. The fourth-order valence-electron chi connectivity index (χ4n) is 3.72. The van der Waals surface area contributed by atoms with Crippen molar-refractivity contribution >= 4 is 17.0 Å². The maximum absolute atomic E-state index is 12.6. The molecule has 150 valence electrons. The van der Waals surface area contributed by atoms with Crippen molar-refractivity contribution in [2.45, 2.75) is 6.54 Å². The van der Waals surface area contributed by atoms with Gasteiger partial charge in [-0.15, -0.1) is 0 Å². The topological polar surface area (TPSA) is 98.8 Å². The van der Waals surface area contributed by atoms with Gasteiger partial charge in [-0.05, 0) is 30.3 Å². The van der Waals surface area contributed by atoms with Gasteiger partial charge in [-0.25, -0.2) is 9.67 Å². The second-order valence-corrected chi connectivity index (χ2v) is 7.40. The van der Waals surface area contributed by atoms with Crippen LogP contribution in [0, 0.1) is 5.92 Å². The number of aromatic nitrogens is 6. The third-order valence-corrected chi connectivity index (χ3v) is 5.32. The van der Waals surface area contributed by atoms with Crippen molar-refractivity contribution in [3.63, 3.8) is 0 Å². The average molecular weight is 401 g/mol. The van der Waals surface area contributed by atoms with Crippen molar-refractivity contribution in [1.29, 1.82) is 0 Å². The van der Waals surface area contributed by atoms with Crippen molar-refractivity contribution in [2.24, 2.45) is 13.0 Å². The Morgan fingerprint density at radius 2 is 1.90 bits per heavy atom. The van der Waals surface area contributed by atoms with Gasteiger partial charge >= 0.3 is 0 Å². The second kappa shape index (κ2) is 7.18. The highest BCUT2D eigenvalue weighted by atomic mass is 16.1. The largest absolute Gasteiger partial charge is 0.341 e. The minimum Gasteiger partial charge on any atom is -0.341 e. The van der Waals surface area contributed by atoms with E-state index in [0.29, 0.717) is 42.3 Å². The minimum atomic E-state index is -0.137. The van der Waals surface area contributed by atoms with Gasteiger partial charge in [-0.3, -0.25) is 19.1 Å². The first-order valence-electron chi connectivity index (χ1n) is 9.65. The summed E-state index contributed by atoms with van der Waals surface area (Å²) in [5, 5.41) is 5.00. The lowest BCUT2D eigenvalue weighted by Gasteiger charge is -2.40. The Balaban J connectivity index is 1.35. The van der Waals surface area contributed by atoms with Crippen LogP contribution in [0.15, 0.2) is 64.6 Å². The zero-order valence-corrected chi connectivity index (χ0v) is 16.3. The predicted octanol–water partition coefficient (Wildman–Crippen LogP) is 1.08. The Morgan fingerprint density at radius 3 is 2.70 bits per heavy atom. The van der Waals surface area contributed by atoms with Crippen LogP contribution < -0.4 is 16.0 Å². The molecule has 5 heterocycles. The molecule has 9 nitrogen and oxygen atoms in total.